The lowest BCUT2D eigenvalue weighted by Gasteiger charge is -2.39. The topological polar surface area (TPSA) is 132 Å². The Labute approximate surface area is 198 Å². The quantitative estimate of drug-likeness (QED) is 0.473. The minimum Gasteiger partial charge on any atom is -0.478 e. The standard InChI is InChI=1S/C21H27N3O2.C4H4O4/c1-4-15(12-25)22-21(26)14-8-17-16-6-5-7-18-20(16)13(10-23(18)2)9-19(17)24(3)11-14;5-3(6)1-2-4(7)8/h5-8,10,14-15,19,25H,4,9,11-12H2,1-3H3,(H,22,26);1-2H,(H,5,6)(H,7,8)/b;2-1-/t14-,15?,19-;/m1./s1. The molecule has 9 heteroatoms. The minimum absolute atomic E-state index is 0.00901. The number of hydrogen-bond donors (Lipinski definition) is 4. The maximum atomic E-state index is 12.7. The Bertz CT molecular complexity index is 1130. The normalized spacial score (nSPS) is 20.2. The minimum atomic E-state index is -1.26. The van der Waals surface area contributed by atoms with Crippen molar-refractivity contribution in [2.24, 2.45) is 13.0 Å². The molecule has 1 unspecified atom stereocenters. The summed E-state index contributed by atoms with van der Waals surface area (Å²) in [7, 11) is 4.20. The van der Waals surface area contributed by atoms with Crippen LogP contribution in [0, 0.1) is 5.92 Å². The molecule has 0 spiro atoms. The van der Waals surface area contributed by atoms with E-state index >= 15 is 0 Å². The van der Waals surface area contributed by atoms with E-state index in [1.54, 1.807) is 0 Å². The lowest BCUT2D eigenvalue weighted by atomic mass is 9.80. The molecule has 4 N–H and O–H groups in total. The van der Waals surface area contributed by atoms with Gasteiger partial charge in [0.25, 0.3) is 0 Å². The van der Waals surface area contributed by atoms with Crippen molar-refractivity contribution in [1.82, 2.24) is 14.8 Å². The molecule has 3 atom stereocenters. The molecular formula is C25H31N3O6. The number of fused-ring (bicyclic) bond motifs is 2. The van der Waals surface area contributed by atoms with Gasteiger partial charge in [-0.3, -0.25) is 9.69 Å². The molecule has 2 aliphatic rings. The Morgan fingerprint density at radius 2 is 1.85 bits per heavy atom. The summed E-state index contributed by atoms with van der Waals surface area (Å²) in [4.78, 5) is 34.1. The second kappa shape index (κ2) is 10.7. The molecule has 2 aromatic rings. The van der Waals surface area contributed by atoms with Crippen LogP contribution in [0.4, 0.5) is 0 Å². The third-order valence-electron chi connectivity index (χ3n) is 6.34. The van der Waals surface area contributed by atoms with Gasteiger partial charge in [0.05, 0.1) is 18.6 Å². The number of benzene rings is 1. The van der Waals surface area contributed by atoms with E-state index in [9.17, 15) is 19.5 Å². The molecule has 4 rings (SSSR count). The summed E-state index contributed by atoms with van der Waals surface area (Å²) in [5, 5.41) is 29.3. The molecule has 34 heavy (non-hydrogen) atoms. The van der Waals surface area contributed by atoms with Crippen LogP contribution >= 0.6 is 0 Å². The molecule has 1 aromatic heterocycles. The number of aryl methyl sites for hydroxylation is 1. The monoisotopic (exact) mass is 469 g/mol. The highest BCUT2D eigenvalue weighted by molar-refractivity contribution is 5.99. The summed E-state index contributed by atoms with van der Waals surface area (Å²) in [6, 6.07) is 6.60. The van der Waals surface area contributed by atoms with Crippen LogP contribution in [0.2, 0.25) is 0 Å². The number of likely N-dealkylation sites (N-methyl/N-ethyl adjacent to an activating group) is 1. The molecule has 1 aliphatic carbocycles. The number of carboxylic acid groups (broad SMARTS) is 2. The van der Waals surface area contributed by atoms with Gasteiger partial charge in [-0.1, -0.05) is 25.1 Å². The summed E-state index contributed by atoms with van der Waals surface area (Å²) < 4.78 is 2.20. The molecule has 1 aromatic carbocycles. The van der Waals surface area contributed by atoms with Gasteiger partial charge in [-0.2, -0.15) is 0 Å². The number of carbonyl (C=O) groups excluding carboxylic acids is 1. The van der Waals surface area contributed by atoms with Crippen LogP contribution in [-0.4, -0.2) is 74.9 Å². The first-order valence-electron chi connectivity index (χ1n) is 11.2. The zero-order valence-corrected chi connectivity index (χ0v) is 19.6. The van der Waals surface area contributed by atoms with Crippen molar-refractivity contribution in [3.8, 4) is 0 Å². The van der Waals surface area contributed by atoms with Crippen molar-refractivity contribution < 1.29 is 29.7 Å². The van der Waals surface area contributed by atoms with Gasteiger partial charge < -0.3 is 25.2 Å². The second-order valence-electron chi connectivity index (χ2n) is 8.66. The first-order chi connectivity index (χ1) is 16.2. The van der Waals surface area contributed by atoms with Crippen LogP contribution in [0.5, 0.6) is 0 Å². The van der Waals surface area contributed by atoms with E-state index in [4.69, 9.17) is 10.2 Å². The zero-order chi connectivity index (χ0) is 25.0. The van der Waals surface area contributed by atoms with Crippen LogP contribution in [0.25, 0.3) is 16.5 Å². The first-order valence-corrected chi connectivity index (χ1v) is 11.2. The van der Waals surface area contributed by atoms with E-state index in [2.05, 4.69) is 59.4 Å². The summed E-state index contributed by atoms with van der Waals surface area (Å²) in [5.74, 6) is -2.69. The number of hydrogen-bond acceptors (Lipinski definition) is 5. The van der Waals surface area contributed by atoms with Crippen LogP contribution < -0.4 is 5.32 Å². The molecule has 1 aliphatic heterocycles. The molecule has 182 valence electrons. The smallest absolute Gasteiger partial charge is 0.328 e. The SMILES string of the molecule is CCC(CO)NC(=O)[C@@H]1C=C2c3cccc4c3c(cn4C)C[C@H]2N(C)C1.O=C(O)/C=C\C(=O)O. The number of nitrogens with one attached hydrogen (secondary N) is 1. The molecular weight excluding hydrogens is 438 g/mol. The van der Waals surface area contributed by atoms with E-state index in [1.807, 2.05) is 6.92 Å². The number of amides is 1. The van der Waals surface area contributed by atoms with Crippen molar-refractivity contribution in [1.29, 1.82) is 0 Å². The fourth-order valence-corrected chi connectivity index (χ4v) is 4.62. The van der Waals surface area contributed by atoms with Crippen LogP contribution in [0.3, 0.4) is 0 Å². The summed E-state index contributed by atoms with van der Waals surface area (Å²) in [6.45, 7) is 2.66. The van der Waals surface area contributed by atoms with E-state index in [0.717, 1.165) is 12.8 Å². The number of aromatic nitrogens is 1. The molecule has 0 bridgehead atoms. The predicted octanol–water partition coefficient (Wildman–Crippen LogP) is 1.65. The average molecular weight is 470 g/mol. The van der Waals surface area contributed by atoms with Gasteiger partial charge in [-0.05, 0) is 42.7 Å². The molecule has 0 saturated carbocycles. The van der Waals surface area contributed by atoms with E-state index < -0.39 is 11.9 Å². The van der Waals surface area contributed by atoms with Gasteiger partial charge in [0, 0.05) is 48.9 Å². The Kier molecular flexibility index (Phi) is 7.90. The highest BCUT2D eigenvalue weighted by Gasteiger charge is 2.36. The zero-order valence-electron chi connectivity index (χ0n) is 19.6. The van der Waals surface area contributed by atoms with Crippen molar-refractivity contribution in [2.45, 2.75) is 31.8 Å². The summed E-state index contributed by atoms with van der Waals surface area (Å²) in [6.07, 6.45) is 7.24. The molecule has 1 amide bonds. The second-order valence-corrected chi connectivity index (χ2v) is 8.66. The maximum absolute atomic E-state index is 12.7. The summed E-state index contributed by atoms with van der Waals surface area (Å²) >= 11 is 0. The van der Waals surface area contributed by atoms with E-state index in [1.165, 1.54) is 27.6 Å². The van der Waals surface area contributed by atoms with Crippen LogP contribution in [-0.2, 0) is 27.9 Å². The van der Waals surface area contributed by atoms with Gasteiger partial charge in [-0.15, -0.1) is 0 Å². The number of nitrogens with zero attached hydrogens (tertiary/aromatic N) is 2. The van der Waals surface area contributed by atoms with Crippen molar-refractivity contribution in [3.05, 3.63) is 53.8 Å². The Hall–Kier alpha value is -3.43. The third kappa shape index (κ3) is 5.37. The van der Waals surface area contributed by atoms with Crippen LogP contribution in [0.15, 0.2) is 42.6 Å². The third-order valence-corrected chi connectivity index (χ3v) is 6.34. The lowest BCUT2D eigenvalue weighted by molar-refractivity contribution is -0.134. The van der Waals surface area contributed by atoms with Crippen molar-refractivity contribution in [2.75, 3.05) is 20.2 Å². The van der Waals surface area contributed by atoms with Crippen molar-refractivity contribution >= 4 is 34.3 Å². The fraction of sp³-hybridized carbons (Fsp3) is 0.400. The largest absolute Gasteiger partial charge is 0.478 e. The molecule has 0 saturated heterocycles. The average Bonchev–Trinajstić information content (AvgIpc) is 3.13. The Balaban J connectivity index is 0.000000350. The molecule has 0 fully saturated rings. The van der Waals surface area contributed by atoms with Gasteiger partial charge in [-0.25, -0.2) is 9.59 Å². The van der Waals surface area contributed by atoms with Gasteiger partial charge in [0.1, 0.15) is 0 Å². The number of aliphatic hydroxyl groups excluding tert-OH is 1. The van der Waals surface area contributed by atoms with Crippen LogP contribution in [0.1, 0.15) is 24.5 Å². The lowest BCUT2D eigenvalue weighted by Crippen LogP contribution is -2.48. The molecule has 0 radical (unpaired) electrons. The van der Waals surface area contributed by atoms with Crippen molar-refractivity contribution in [3.63, 3.8) is 0 Å². The number of carboxylic acids is 2. The highest BCUT2D eigenvalue weighted by Crippen LogP contribution is 2.41. The number of rotatable bonds is 6. The highest BCUT2D eigenvalue weighted by atomic mass is 16.4. The van der Waals surface area contributed by atoms with Gasteiger partial charge >= 0.3 is 11.9 Å². The van der Waals surface area contributed by atoms with E-state index in [0.29, 0.717) is 24.7 Å². The maximum Gasteiger partial charge on any atom is 0.328 e. The summed E-state index contributed by atoms with van der Waals surface area (Å²) in [5.41, 5.74) is 5.16. The number of aliphatic carboxylic acids is 2. The fourth-order valence-electron chi connectivity index (χ4n) is 4.62. The number of carbonyl (C=O) groups is 3. The molecule has 9 nitrogen and oxygen atoms in total. The Morgan fingerprint density at radius 1 is 1.18 bits per heavy atom. The van der Waals surface area contributed by atoms with Gasteiger partial charge in [0.2, 0.25) is 5.91 Å². The number of aliphatic hydroxyl groups is 1. The van der Waals surface area contributed by atoms with E-state index in [-0.39, 0.29) is 24.5 Å². The molecule has 2 heterocycles. The van der Waals surface area contributed by atoms with Gasteiger partial charge in [0.15, 0.2) is 0 Å². The predicted molar refractivity (Wildman–Crippen MR) is 128 cm³/mol. The first kappa shape index (κ1) is 25.2. The Morgan fingerprint density at radius 3 is 2.44 bits per heavy atom.